The van der Waals surface area contributed by atoms with E-state index in [0.29, 0.717) is 33.4 Å². The number of halogens is 6. The lowest BCUT2D eigenvalue weighted by atomic mass is 10.0. The molecule has 0 aliphatic rings. The van der Waals surface area contributed by atoms with Crippen molar-refractivity contribution in [1.29, 1.82) is 0 Å². The number of carbonyl (C=O) groups is 2. The molecule has 1 amide bonds. The van der Waals surface area contributed by atoms with Gasteiger partial charge in [0, 0.05) is 36.4 Å². The minimum atomic E-state index is -4.88. The molecule has 0 fully saturated rings. The topological polar surface area (TPSA) is 115 Å². The first-order chi connectivity index (χ1) is 23.4. The normalized spacial score (nSPS) is 12.2. The molecule has 0 spiro atoms. The molecule has 1 aromatic carbocycles. The molecule has 0 radical (unpaired) electrons. The van der Waals surface area contributed by atoms with Crippen LogP contribution in [0.5, 0.6) is 0 Å². The number of quaternary nitrogens is 1. The fourth-order valence-corrected chi connectivity index (χ4v) is 5.52. The molecule has 0 bridgehead atoms. The first kappa shape index (κ1) is 41.3. The van der Waals surface area contributed by atoms with Gasteiger partial charge in [-0.05, 0) is 70.2 Å². The van der Waals surface area contributed by atoms with Gasteiger partial charge in [0.25, 0.3) is 12.3 Å². The number of hydrogen-bond donors (Lipinski definition) is 2. The fraction of sp³-hybridized carbons (Fsp3) is 0.500. The van der Waals surface area contributed by atoms with Crippen LogP contribution >= 0.6 is 0 Å². The Morgan fingerprint density at radius 3 is 2.43 bits per heavy atom. The van der Waals surface area contributed by atoms with E-state index in [-0.39, 0.29) is 52.6 Å². The number of anilines is 2. The van der Waals surface area contributed by atoms with Gasteiger partial charge in [-0.2, -0.15) is 18.3 Å². The van der Waals surface area contributed by atoms with Gasteiger partial charge in [0.2, 0.25) is 0 Å². The largest absolute Gasteiger partial charge is 1.00 e. The van der Waals surface area contributed by atoms with Gasteiger partial charge >= 0.3 is 12.1 Å². The molecule has 3 heterocycles. The molecule has 11 nitrogen and oxygen atoms in total. The number of benzene rings is 1. The molecule has 4 rings (SSSR count). The van der Waals surface area contributed by atoms with Gasteiger partial charge in [0.1, 0.15) is 12.1 Å². The molecule has 0 atom stereocenters. The highest BCUT2D eigenvalue weighted by Crippen LogP contribution is 2.37. The number of amides is 1. The van der Waals surface area contributed by atoms with E-state index in [1.807, 2.05) is 41.8 Å². The highest BCUT2D eigenvalue weighted by Gasteiger charge is 2.38. The van der Waals surface area contributed by atoms with Crippen molar-refractivity contribution >= 4 is 29.0 Å². The van der Waals surface area contributed by atoms with Crippen molar-refractivity contribution in [2.24, 2.45) is 0 Å². The van der Waals surface area contributed by atoms with Crippen molar-refractivity contribution in [3.63, 3.8) is 0 Å². The summed E-state index contributed by atoms with van der Waals surface area (Å²) in [4.78, 5) is 33.8. The summed E-state index contributed by atoms with van der Waals surface area (Å²) >= 11 is 0. The molecular formula is C34H44BrF5N8O3. The standard InChI is InChI=1S/C34H43F5N8O3.BrH/c1-7-22-17-23(11-12-24(22)32(49)41-13-9-8-10-16-47(5,6)21-28(48)50-33(2,3)4)43-30-31-42-18-26(46(31)15-14-40-30)25-19-45(20-27(35)36)44-29(25)34(37,38)39;/h11-12,14-15,17-19,27H,7-10,13,16,20-21H2,1-6H3,(H-,40,41,43,49);1H. The van der Waals surface area contributed by atoms with Crippen molar-refractivity contribution in [1.82, 2.24) is 29.5 Å². The van der Waals surface area contributed by atoms with Crippen molar-refractivity contribution in [3.8, 4) is 11.3 Å². The van der Waals surface area contributed by atoms with E-state index in [1.54, 1.807) is 18.2 Å². The number of esters is 1. The van der Waals surface area contributed by atoms with Crippen LogP contribution < -0.4 is 27.6 Å². The Bertz CT molecular complexity index is 1800. The summed E-state index contributed by atoms with van der Waals surface area (Å²) in [6.45, 7) is 8.04. The van der Waals surface area contributed by atoms with Crippen molar-refractivity contribution in [2.75, 3.05) is 39.0 Å². The zero-order valence-corrected chi connectivity index (χ0v) is 31.0. The summed E-state index contributed by atoms with van der Waals surface area (Å²) in [5.41, 5.74) is -0.149. The van der Waals surface area contributed by atoms with E-state index >= 15 is 0 Å². The summed E-state index contributed by atoms with van der Waals surface area (Å²) in [7, 11) is 3.98. The maximum Gasteiger partial charge on any atom is 0.435 e. The van der Waals surface area contributed by atoms with Crippen LogP contribution in [0.15, 0.2) is 43.0 Å². The Hall–Kier alpha value is -4.12. The SMILES string of the molecule is CCc1cc(Nc2nccn3c(-c4cn(CC(F)F)nc4C(F)(F)F)cnc23)ccc1C(=O)NCCCCC[N+](C)(C)CC(=O)OC(C)(C)C.[Br-]. The third-order valence-corrected chi connectivity index (χ3v) is 7.76. The average molecular weight is 788 g/mol. The van der Waals surface area contributed by atoms with Crippen LogP contribution in [0.4, 0.5) is 33.5 Å². The molecule has 0 aliphatic carbocycles. The summed E-state index contributed by atoms with van der Waals surface area (Å²) in [5.74, 6) is -0.204. The Balaban J connectivity index is 0.00000702. The van der Waals surface area contributed by atoms with Crippen LogP contribution in [-0.4, -0.2) is 86.3 Å². The predicted octanol–water partition coefficient (Wildman–Crippen LogP) is 3.50. The zero-order valence-electron chi connectivity index (χ0n) is 29.5. The number of aromatic nitrogens is 5. The maximum absolute atomic E-state index is 13.8. The molecule has 3 aromatic heterocycles. The second kappa shape index (κ2) is 16.9. The number of likely N-dealkylation sites (N-methyl/N-ethyl adjacent to an activating group) is 1. The summed E-state index contributed by atoms with van der Waals surface area (Å²) in [5, 5.41) is 9.47. The molecule has 280 valence electrons. The second-order valence-corrected chi connectivity index (χ2v) is 13.7. The summed E-state index contributed by atoms with van der Waals surface area (Å²) in [6, 6.07) is 5.19. The first-order valence-corrected chi connectivity index (χ1v) is 16.3. The van der Waals surface area contributed by atoms with Crippen LogP contribution in [0.2, 0.25) is 0 Å². The molecule has 4 aromatic rings. The number of carbonyl (C=O) groups excluding carboxylic acids is 2. The molecular weight excluding hydrogens is 743 g/mol. The first-order valence-electron chi connectivity index (χ1n) is 16.3. The monoisotopic (exact) mass is 786 g/mol. The zero-order chi connectivity index (χ0) is 36.9. The number of nitrogens with zero attached hydrogens (tertiary/aromatic N) is 6. The average Bonchev–Trinajstić information content (AvgIpc) is 3.62. The quantitative estimate of drug-likeness (QED) is 0.0821. The van der Waals surface area contributed by atoms with E-state index in [9.17, 15) is 31.5 Å². The van der Waals surface area contributed by atoms with Crippen molar-refractivity contribution in [2.45, 2.75) is 78.1 Å². The Morgan fingerprint density at radius 2 is 1.78 bits per heavy atom. The van der Waals surface area contributed by atoms with Crippen LogP contribution in [-0.2, 0) is 28.7 Å². The number of imidazole rings is 1. The lowest BCUT2D eigenvalue weighted by molar-refractivity contribution is -0.883. The van der Waals surface area contributed by atoms with Crippen LogP contribution in [0, 0.1) is 0 Å². The number of rotatable bonds is 15. The highest BCUT2D eigenvalue weighted by molar-refractivity contribution is 5.96. The molecule has 0 unspecified atom stereocenters. The lowest BCUT2D eigenvalue weighted by Gasteiger charge is -2.30. The van der Waals surface area contributed by atoms with Gasteiger partial charge in [0.15, 0.2) is 23.7 Å². The number of ether oxygens (including phenoxy) is 1. The lowest BCUT2D eigenvalue weighted by Crippen LogP contribution is -3.00. The number of aryl methyl sites for hydroxylation is 1. The molecule has 51 heavy (non-hydrogen) atoms. The molecule has 0 saturated carbocycles. The molecule has 2 N–H and O–H groups in total. The van der Waals surface area contributed by atoms with Crippen molar-refractivity contribution in [3.05, 3.63) is 59.8 Å². The molecule has 0 aliphatic heterocycles. The number of unbranched alkanes of at least 4 members (excludes halogenated alkanes) is 2. The predicted molar refractivity (Wildman–Crippen MR) is 178 cm³/mol. The highest BCUT2D eigenvalue weighted by atomic mass is 79.9. The van der Waals surface area contributed by atoms with Crippen LogP contribution in [0.3, 0.4) is 0 Å². The minimum absolute atomic E-state index is 0. The van der Waals surface area contributed by atoms with Crippen molar-refractivity contribution < 1.29 is 57.7 Å². The Labute approximate surface area is 303 Å². The van der Waals surface area contributed by atoms with E-state index in [0.717, 1.165) is 37.6 Å². The summed E-state index contributed by atoms with van der Waals surface area (Å²) in [6.07, 6.45) is 0.253. The van der Waals surface area contributed by atoms with Gasteiger partial charge in [-0.1, -0.05) is 6.92 Å². The van der Waals surface area contributed by atoms with Gasteiger partial charge < -0.3 is 36.8 Å². The van der Waals surface area contributed by atoms with Gasteiger partial charge in [0.05, 0.1) is 38.1 Å². The Kier molecular flexibility index (Phi) is 13.7. The summed E-state index contributed by atoms with van der Waals surface area (Å²) < 4.78 is 75.1. The molecule has 0 saturated heterocycles. The van der Waals surface area contributed by atoms with Gasteiger partial charge in [-0.25, -0.2) is 23.5 Å². The van der Waals surface area contributed by atoms with Crippen LogP contribution in [0.1, 0.15) is 68.6 Å². The van der Waals surface area contributed by atoms with E-state index < -0.39 is 36.0 Å². The van der Waals surface area contributed by atoms with E-state index in [2.05, 4.69) is 25.7 Å². The van der Waals surface area contributed by atoms with Gasteiger partial charge in [-0.3, -0.25) is 13.9 Å². The maximum atomic E-state index is 13.8. The van der Waals surface area contributed by atoms with E-state index in [1.165, 1.54) is 23.0 Å². The Morgan fingerprint density at radius 1 is 1.06 bits per heavy atom. The third kappa shape index (κ3) is 11.4. The number of nitrogens with one attached hydrogen (secondary N) is 2. The molecule has 17 heteroatoms. The van der Waals surface area contributed by atoms with E-state index in [4.69, 9.17) is 4.74 Å². The van der Waals surface area contributed by atoms with Gasteiger partial charge in [-0.15, -0.1) is 0 Å². The van der Waals surface area contributed by atoms with Crippen LogP contribution in [0.25, 0.3) is 16.9 Å². The fourth-order valence-electron chi connectivity index (χ4n) is 5.52. The number of alkyl halides is 5. The third-order valence-electron chi connectivity index (χ3n) is 7.76. The number of hydrogen-bond acceptors (Lipinski definition) is 7. The number of fused-ring (bicyclic) bond motifs is 1. The minimum Gasteiger partial charge on any atom is -1.00 e. The smallest absolute Gasteiger partial charge is 0.435 e. The second-order valence-electron chi connectivity index (χ2n) is 13.7.